The number of hydrogen-bond acceptors (Lipinski definition) is 1. The zero-order chi connectivity index (χ0) is 8.97. The van der Waals surface area contributed by atoms with Crippen LogP contribution in [0.3, 0.4) is 0 Å². The average Bonchev–Trinajstić information content (AvgIpc) is 2.51. The molecule has 0 heterocycles. The molecule has 0 radical (unpaired) electrons. The largest absolute Gasteiger partial charge is 0.355 e. The lowest BCUT2D eigenvalue weighted by atomic mass is 10.1. The Morgan fingerprint density at radius 1 is 1.58 bits per heavy atom. The van der Waals surface area contributed by atoms with Gasteiger partial charge in [-0.25, -0.2) is 0 Å². The molecule has 0 aliphatic heterocycles. The van der Waals surface area contributed by atoms with E-state index in [4.69, 9.17) is 0 Å². The number of amides is 1. The van der Waals surface area contributed by atoms with Crippen LogP contribution < -0.4 is 5.32 Å². The summed E-state index contributed by atoms with van der Waals surface area (Å²) in [6.45, 7) is 2.78. The number of nitrogens with one attached hydrogen (secondary N) is 1. The molecule has 1 fully saturated rings. The highest BCUT2D eigenvalue weighted by Gasteiger charge is 2.22. The van der Waals surface area contributed by atoms with Crippen molar-refractivity contribution in [1.82, 2.24) is 5.32 Å². The van der Waals surface area contributed by atoms with Crippen molar-refractivity contribution in [2.75, 3.05) is 6.54 Å². The van der Waals surface area contributed by atoms with Gasteiger partial charge in [-0.3, -0.25) is 4.79 Å². The van der Waals surface area contributed by atoms with Crippen molar-refractivity contribution >= 4 is 21.8 Å². The van der Waals surface area contributed by atoms with Gasteiger partial charge >= 0.3 is 0 Å². The van der Waals surface area contributed by atoms with E-state index in [1.54, 1.807) is 0 Å². The van der Waals surface area contributed by atoms with E-state index < -0.39 is 0 Å². The first-order chi connectivity index (χ1) is 5.70. The van der Waals surface area contributed by atoms with Gasteiger partial charge in [0.2, 0.25) is 5.91 Å². The van der Waals surface area contributed by atoms with Gasteiger partial charge < -0.3 is 5.32 Å². The maximum atomic E-state index is 11.4. The predicted molar refractivity (Wildman–Crippen MR) is 53.4 cm³/mol. The normalized spacial score (nSPS) is 20.8. The second kappa shape index (κ2) is 4.85. The Kier molecular flexibility index (Phi) is 4.06. The molecule has 1 aliphatic carbocycles. The van der Waals surface area contributed by atoms with E-state index in [9.17, 15) is 4.79 Å². The molecule has 1 atom stereocenters. The smallest absolute Gasteiger partial charge is 0.223 e. The van der Waals surface area contributed by atoms with Crippen molar-refractivity contribution in [2.45, 2.75) is 37.4 Å². The van der Waals surface area contributed by atoms with Crippen LogP contribution in [0.25, 0.3) is 0 Å². The lowest BCUT2D eigenvalue weighted by Gasteiger charge is -2.10. The molecule has 1 N–H and O–H groups in total. The van der Waals surface area contributed by atoms with Gasteiger partial charge in [-0.2, -0.15) is 0 Å². The van der Waals surface area contributed by atoms with E-state index in [1.165, 1.54) is 12.8 Å². The SMILES string of the molecule is CC(Br)CNC(=O)C1CCCC1. The first kappa shape index (κ1) is 10.0. The van der Waals surface area contributed by atoms with Crippen LogP contribution in [0.15, 0.2) is 0 Å². The van der Waals surface area contributed by atoms with Crippen LogP contribution in [-0.2, 0) is 4.79 Å². The molecular formula is C9H16BrNO. The summed E-state index contributed by atoms with van der Waals surface area (Å²) in [5.74, 6) is 0.551. The summed E-state index contributed by atoms with van der Waals surface area (Å²) >= 11 is 3.40. The van der Waals surface area contributed by atoms with Crippen molar-refractivity contribution in [3.63, 3.8) is 0 Å². The second-order valence-corrected chi connectivity index (χ2v) is 5.07. The van der Waals surface area contributed by atoms with Crippen molar-refractivity contribution < 1.29 is 4.79 Å². The standard InChI is InChI=1S/C9H16BrNO/c1-7(10)6-11-9(12)8-4-2-3-5-8/h7-8H,2-6H2,1H3,(H,11,12). The fourth-order valence-electron chi connectivity index (χ4n) is 1.57. The molecule has 1 unspecified atom stereocenters. The lowest BCUT2D eigenvalue weighted by Crippen LogP contribution is -2.32. The minimum absolute atomic E-state index is 0.249. The van der Waals surface area contributed by atoms with E-state index in [1.807, 2.05) is 6.92 Å². The van der Waals surface area contributed by atoms with Gasteiger partial charge in [-0.15, -0.1) is 0 Å². The number of carbonyl (C=O) groups excluding carboxylic acids is 1. The molecule has 0 aromatic rings. The predicted octanol–water partition coefficient (Wildman–Crippen LogP) is 2.08. The van der Waals surface area contributed by atoms with Crippen LogP contribution in [0.4, 0.5) is 0 Å². The Balaban J connectivity index is 2.18. The van der Waals surface area contributed by atoms with Crippen LogP contribution in [0, 0.1) is 5.92 Å². The molecule has 0 aromatic heterocycles. The monoisotopic (exact) mass is 233 g/mol. The molecule has 0 saturated heterocycles. The van der Waals surface area contributed by atoms with E-state index in [-0.39, 0.29) is 5.91 Å². The third-order valence-corrected chi connectivity index (χ3v) is 2.61. The Bertz CT molecular complexity index is 153. The third kappa shape index (κ3) is 3.13. The van der Waals surface area contributed by atoms with Gasteiger partial charge in [-0.05, 0) is 12.8 Å². The maximum Gasteiger partial charge on any atom is 0.223 e. The van der Waals surface area contributed by atoms with Gasteiger partial charge in [0.25, 0.3) is 0 Å². The van der Waals surface area contributed by atoms with Gasteiger partial charge in [0.15, 0.2) is 0 Å². The highest BCUT2D eigenvalue weighted by molar-refractivity contribution is 9.09. The molecule has 0 aromatic carbocycles. The van der Waals surface area contributed by atoms with Crippen molar-refractivity contribution in [1.29, 1.82) is 0 Å². The molecule has 12 heavy (non-hydrogen) atoms. The summed E-state index contributed by atoms with van der Waals surface area (Å²) in [7, 11) is 0. The average molecular weight is 234 g/mol. The second-order valence-electron chi connectivity index (χ2n) is 3.51. The molecule has 2 nitrogen and oxygen atoms in total. The fourth-order valence-corrected chi connectivity index (χ4v) is 1.74. The minimum atomic E-state index is 0.249. The quantitative estimate of drug-likeness (QED) is 0.744. The van der Waals surface area contributed by atoms with Crippen LogP contribution in [0.1, 0.15) is 32.6 Å². The van der Waals surface area contributed by atoms with Crippen LogP contribution in [-0.4, -0.2) is 17.3 Å². The highest BCUT2D eigenvalue weighted by Crippen LogP contribution is 2.24. The topological polar surface area (TPSA) is 29.1 Å². The Hall–Kier alpha value is -0.0500. The molecule has 1 aliphatic rings. The van der Waals surface area contributed by atoms with Crippen LogP contribution in [0.2, 0.25) is 0 Å². The van der Waals surface area contributed by atoms with E-state index in [0.717, 1.165) is 19.4 Å². The summed E-state index contributed by atoms with van der Waals surface area (Å²) in [5, 5.41) is 2.94. The van der Waals surface area contributed by atoms with Crippen molar-refractivity contribution in [2.24, 2.45) is 5.92 Å². The van der Waals surface area contributed by atoms with Gasteiger partial charge in [-0.1, -0.05) is 35.7 Å². The highest BCUT2D eigenvalue weighted by atomic mass is 79.9. The summed E-state index contributed by atoms with van der Waals surface area (Å²) in [4.78, 5) is 11.8. The summed E-state index contributed by atoms with van der Waals surface area (Å²) in [5.41, 5.74) is 0. The molecule has 1 amide bonds. The van der Waals surface area contributed by atoms with Crippen LogP contribution >= 0.6 is 15.9 Å². The summed E-state index contributed by atoms with van der Waals surface area (Å²) < 4.78 is 0. The first-order valence-electron chi connectivity index (χ1n) is 4.62. The zero-order valence-electron chi connectivity index (χ0n) is 7.48. The lowest BCUT2D eigenvalue weighted by molar-refractivity contribution is -0.124. The molecular weight excluding hydrogens is 218 g/mol. The first-order valence-corrected chi connectivity index (χ1v) is 5.53. The van der Waals surface area contributed by atoms with Crippen LogP contribution in [0.5, 0.6) is 0 Å². The number of carbonyl (C=O) groups is 1. The summed E-state index contributed by atoms with van der Waals surface area (Å²) in [6, 6.07) is 0. The molecule has 1 saturated carbocycles. The van der Waals surface area contributed by atoms with Crippen molar-refractivity contribution in [3.8, 4) is 0 Å². The molecule has 70 valence electrons. The molecule has 0 spiro atoms. The molecule has 3 heteroatoms. The molecule has 1 rings (SSSR count). The maximum absolute atomic E-state index is 11.4. The van der Waals surface area contributed by atoms with E-state index >= 15 is 0 Å². The number of alkyl halides is 1. The Labute approximate surface area is 82.2 Å². The minimum Gasteiger partial charge on any atom is -0.355 e. The van der Waals surface area contributed by atoms with E-state index in [2.05, 4.69) is 21.2 Å². The fraction of sp³-hybridized carbons (Fsp3) is 0.889. The third-order valence-electron chi connectivity index (χ3n) is 2.28. The van der Waals surface area contributed by atoms with Gasteiger partial charge in [0.1, 0.15) is 0 Å². The Morgan fingerprint density at radius 2 is 2.17 bits per heavy atom. The Morgan fingerprint density at radius 3 is 2.67 bits per heavy atom. The number of halogens is 1. The van der Waals surface area contributed by atoms with Crippen molar-refractivity contribution in [3.05, 3.63) is 0 Å². The zero-order valence-corrected chi connectivity index (χ0v) is 9.06. The number of rotatable bonds is 3. The van der Waals surface area contributed by atoms with E-state index in [0.29, 0.717) is 10.7 Å². The van der Waals surface area contributed by atoms with Gasteiger partial charge in [0, 0.05) is 17.3 Å². The summed E-state index contributed by atoms with van der Waals surface area (Å²) in [6.07, 6.45) is 4.62. The molecule has 0 bridgehead atoms. The number of hydrogen-bond donors (Lipinski definition) is 1. The van der Waals surface area contributed by atoms with Gasteiger partial charge in [0.05, 0.1) is 0 Å².